The Labute approximate surface area is 181 Å². The number of hydrogen-bond donors (Lipinski definition) is 5. The number of hydrogen-bond acceptors (Lipinski definition) is 7. The number of carbonyl (C=O) groups excluding carboxylic acids is 2. The summed E-state index contributed by atoms with van der Waals surface area (Å²) in [7, 11) is 3.28. The molecule has 2 amide bonds. The van der Waals surface area contributed by atoms with Crippen molar-refractivity contribution in [1.82, 2.24) is 10.3 Å². The first kappa shape index (κ1) is 23.5. The number of amidine groups is 1. The van der Waals surface area contributed by atoms with Crippen LogP contribution >= 0.6 is 0 Å². The quantitative estimate of drug-likeness (QED) is 0.124. The second-order valence-electron chi connectivity index (χ2n) is 6.79. The number of amides is 2. The fourth-order valence-electron chi connectivity index (χ4n) is 2.66. The molecule has 0 radical (unpaired) electrons. The van der Waals surface area contributed by atoms with Crippen LogP contribution in [0.4, 0.5) is 5.69 Å². The van der Waals surface area contributed by atoms with Gasteiger partial charge < -0.3 is 25.4 Å². The van der Waals surface area contributed by atoms with Crippen molar-refractivity contribution in [3.63, 3.8) is 0 Å². The Kier molecular flexibility index (Phi) is 8.21. The minimum Gasteiger partial charge on any atom is -0.490 e. The lowest BCUT2D eigenvalue weighted by molar-refractivity contribution is -0.130. The Balaban J connectivity index is 2.30. The fourth-order valence-corrected chi connectivity index (χ4v) is 2.66. The van der Waals surface area contributed by atoms with Crippen molar-refractivity contribution in [2.45, 2.75) is 13.0 Å². The second-order valence-corrected chi connectivity index (χ2v) is 6.79. The normalized spacial score (nSPS) is 11.2. The van der Waals surface area contributed by atoms with Crippen LogP contribution in [0.15, 0.2) is 42.5 Å². The van der Waals surface area contributed by atoms with Crippen molar-refractivity contribution >= 4 is 23.3 Å². The van der Waals surface area contributed by atoms with Gasteiger partial charge in [-0.1, -0.05) is 6.07 Å². The molecule has 0 saturated carbocycles. The Morgan fingerprint density at radius 2 is 1.77 bits per heavy atom. The van der Waals surface area contributed by atoms with Gasteiger partial charge in [0.15, 0.2) is 18.1 Å². The van der Waals surface area contributed by atoms with Gasteiger partial charge in [0.1, 0.15) is 11.9 Å². The minimum absolute atomic E-state index is 0.0486. The zero-order valence-corrected chi connectivity index (χ0v) is 17.8. The standard InChI is InChI=1S/C21H28N6O4/c1-4-30-17-11-14(7-10-16(17)31-12-18(28)27(2)3)19(21(29)26-24)25-15-8-5-13(6-9-15)20(22)23/h5-11,19,25H,4,12,24H2,1-3H3,(H3,22,23)(H,26,29). The first-order chi connectivity index (χ1) is 14.8. The van der Waals surface area contributed by atoms with Crippen molar-refractivity contribution in [2.24, 2.45) is 11.6 Å². The van der Waals surface area contributed by atoms with Crippen molar-refractivity contribution in [2.75, 3.05) is 32.6 Å². The van der Waals surface area contributed by atoms with Crippen LogP contribution in [0.2, 0.25) is 0 Å². The number of nitrogen functional groups attached to an aromatic ring is 1. The van der Waals surface area contributed by atoms with Gasteiger partial charge in [-0.05, 0) is 48.9 Å². The number of hydrazine groups is 1. The van der Waals surface area contributed by atoms with Crippen LogP contribution in [-0.4, -0.2) is 49.9 Å². The van der Waals surface area contributed by atoms with Crippen LogP contribution in [0.25, 0.3) is 0 Å². The van der Waals surface area contributed by atoms with E-state index in [0.29, 0.717) is 34.9 Å². The van der Waals surface area contributed by atoms with E-state index in [2.05, 4.69) is 10.7 Å². The van der Waals surface area contributed by atoms with Crippen molar-refractivity contribution in [1.29, 1.82) is 5.41 Å². The van der Waals surface area contributed by atoms with Gasteiger partial charge in [0.25, 0.3) is 11.8 Å². The van der Waals surface area contributed by atoms with E-state index in [-0.39, 0.29) is 18.3 Å². The molecule has 0 aliphatic heterocycles. The number of ether oxygens (including phenoxy) is 2. The maximum absolute atomic E-state index is 12.5. The second kappa shape index (κ2) is 10.8. The molecule has 0 aliphatic carbocycles. The fraction of sp³-hybridized carbons (Fsp3) is 0.286. The lowest BCUT2D eigenvalue weighted by atomic mass is 10.0. The number of nitrogens with zero attached hydrogens (tertiary/aromatic N) is 1. The van der Waals surface area contributed by atoms with E-state index < -0.39 is 11.9 Å². The summed E-state index contributed by atoms with van der Waals surface area (Å²) in [4.78, 5) is 25.7. The molecule has 0 aromatic heterocycles. The number of anilines is 1. The number of likely N-dealkylation sites (N-methyl/N-ethyl adjacent to an activating group) is 1. The largest absolute Gasteiger partial charge is 0.490 e. The average molecular weight is 428 g/mol. The van der Waals surface area contributed by atoms with Gasteiger partial charge in [0.05, 0.1) is 6.61 Å². The zero-order valence-electron chi connectivity index (χ0n) is 17.8. The third-order valence-corrected chi connectivity index (χ3v) is 4.36. The van der Waals surface area contributed by atoms with Gasteiger partial charge in [-0.15, -0.1) is 0 Å². The maximum Gasteiger partial charge on any atom is 0.261 e. The smallest absolute Gasteiger partial charge is 0.261 e. The third kappa shape index (κ3) is 6.34. The van der Waals surface area contributed by atoms with Crippen LogP contribution in [-0.2, 0) is 9.59 Å². The van der Waals surface area contributed by atoms with Gasteiger partial charge in [0, 0.05) is 25.3 Å². The van der Waals surface area contributed by atoms with Crippen LogP contribution in [0, 0.1) is 5.41 Å². The summed E-state index contributed by atoms with van der Waals surface area (Å²) in [6.07, 6.45) is 0. The first-order valence-corrected chi connectivity index (χ1v) is 9.58. The highest BCUT2D eigenvalue weighted by Crippen LogP contribution is 2.32. The maximum atomic E-state index is 12.5. The number of benzene rings is 2. The van der Waals surface area contributed by atoms with E-state index in [1.54, 1.807) is 56.6 Å². The van der Waals surface area contributed by atoms with Crippen LogP contribution < -0.4 is 31.8 Å². The lowest BCUT2D eigenvalue weighted by Crippen LogP contribution is -2.37. The molecule has 7 N–H and O–H groups in total. The van der Waals surface area contributed by atoms with Gasteiger partial charge >= 0.3 is 0 Å². The highest BCUT2D eigenvalue weighted by atomic mass is 16.5. The molecule has 0 bridgehead atoms. The SMILES string of the molecule is CCOc1cc(C(Nc2ccc(C(=N)N)cc2)C(=O)NN)ccc1OCC(=O)N(C)C. The van der Waals surface area contributed by atoms with Crippen LogP contribution in [0.3, 0.4) is 0 Å². The molecule has 2 rings (SSSR count). The topological polar surface area (TPSA) is 156 Å². The highest BCUT2D eigenvalue weighted by molar-refractivity contribution is 5.95. The molecule has 10 nitrogen and oxygen atoms in total. The molecule has 0 aliphatic rings. The average Bonchev–Trinajstić information content (AvgIpc) is 2.76. The van der Waals surface area contributed by atoms with Gasteiger partial charge in [-0.2, -0.15) is 0 Å². The molecular weight excluding hydrogens is 400 g/mol. The molecule has 1 atom stereocenters. The molecular formula is C21H28N6O4. The summed E-state index contributed by atoms with van der Waals surface area (Å²) in [5.41, 5.74) is 9.41. The molecule has 1 unspecified atom stereocenters. The van der Waals surface area contributed by atoms with Crippen LogP contribution in [0.1, 0.15) is 24.1 Å². The van der Waals surface area contributed by atoms with Gasteiger partial charge in [0.2, 0.25) is 0 Å². The summed E-state index contributed by atoms with van der Waals surface area (Å²) in [6.45, 7) is 2.05. The van der Waals surface area contributed by atoms with E-state index in [0.717, 1.165) is 0 Å². The molecule has 0 fully saturated rings. The number of nitrogens with one attached hydrogen (secondary N) is 3. The lowest BCUT2D eigenvalue weighted by Gasteiger charge is -2.21. The van der Waals surface area contributed by atoms with Crippen molar-refractivity contribution in [3.8, 4) is 11.5 Å². The van der Waals surface area contributed by atoms with E-state index in [4.69, 9.17) is 26.5 Å². The molecule has 10 heteroatoms. The molecule has 2 aromatic carbocycles. The minimum atomic E-state index is -0.829. The molecule has 0 heterocycles. The van der Waals surface area contributed by atoms with Gasteiger partial charge in [-0.25, -0.2) is 5.84 Å². The van der Waals surface area contributed by atoms with Gasteiger partial charge in [-0.3, -0.25) is 20.4 Å². The third-order valence-electron chi connectivity index (χ3n) is 4.36. The van der Waals surface area contributed by atoms with Crippen molar-refractivity contribution in [3.05, 3.63) is 53.6 Å². The first-order valence-electron chi connectivity index (χ1n) is 9.58. The molecule has 31 heavy (non-hydrogen) atoms. The summed E-state index contributed by atoms with van der Waals surface area (Å²) in [5, 5.41) is 10.6. The molecule has 166 valence electrons. The number of carbonyl (C=O) groups is 2. The molecule has 0 spiro atoms. The Bertz CT molecular complexity index is 930. The molecule has 0 saturated heterocycles. The summed E-state index contributed by atoms with van der Waals surface area (Å²) in [6, 6.07) is 10.9. The predicted molar refractivity (Wildman–Crippen MR) is 118 cm³/mol. The summed E-state index contributed by atoms with van der Waals surface area (Å²) < 4.78 is 11.2. The van der Waals surface area contributed by atoms with E-state index in [1.165, 1.54) is 4.90 Å². The van der Waals surface area contributed by atoms with E-state index in [1.807, 2.05) is 6.92 Å². The summed E-state index contributed by atoms with van der Waals surface area (Å²) in [5.74, 6) is 5.46. The summed E-state index contributed by atoms with van der Waals surface area (Å²) >= 11 is 0. The van der Waals surface area contributed by atoms with Crippen molar-refractivity contribution < 1.29 is 19.1 Å². The molecule has 2 aromatic rings. The highest BCUT2D eigenvalue weighted by Gasteiger charge is 2.22. The number of rotatable bonds is 10. The monoisotopic (exact) mass is 428 g/mol. The zero-order chi connectivity index (χ0) is 23.0. The Hall–Kier alpha value is -3.79. The number of nitrogens with two attached hydrogens (primary N) is 2. The van der Waals surface area contributed by atoms with Crippen LogP contribution in [0.5, 0.6) is 11.5 Å². The van der Waals surface area contributed by atoms with E-state index >= 15 is 0 Å². The van der Waals surface area contributed by atoms with E-state index in [9.17, 15) is 9.59 Å². The Morgan fingerprint density at radius 3 is 2.32 bits per heavy atom. The Morgan fingerprint density at radius 1 is 1.10 bits per heavy atom. The predicted octanol–water partition coefficient (Wildman–Crippen LogP) is 0.979.